The van der Waals surface area contributed by atoms with Crippen molar-refractivity contribution in [2.75, 3.05) is 6.61 Å². The van der Waals surface area contributed by atoms with Crippen LogP contribution in [-0.2, 0) is 10.3 Å². The van der Waals surface area contributed by atoms with Crippen LogP contribution >= 0.6 is 12.2 Å². The van der Waals surface area contributed by atoms with Gasteiger partial charge in [-0.3, -0.25) is 5.32 Å². The van der Waals surface area contributed by atoms with Gasteiger partial charge in [-0.2, -0.15) is 0 Å². The molecule has 2 unspecified atom stereocenters. The number of hydrogen-bond acceptors (Lipinski definition) is 3. The van der Waals surface area contributed by atoms with Crippen LogP contribution in [0.25, 0.3) is 0 Å². The molecule has 1 aromatic rings. The van der Waals surface area contributed by atoms with E-state index in [1.54, 1.807) is 13.8 Å². The largest absolute Gasteiger partial charge is 0.371 e. The highest BCUT2D eigenvalue weighted by Crippen LogP contribution is 2.37. The molecule has 1 aliphatic rings. The number of nitrogens with one attached hydrogen (secondary N) is 1. The zero-order chi connectivity index (χ0) is 15.0. The summed E-state index contributed by atoms with van der Waals surface area (Å²) < 4.78 is 46.8. The van der Waals surface area contributed by atoms with E-state index in [2.05, 4.69) is 5.32 Å². The Morgan fingerprint density at radius 1 is 1.40 bits per heavy atom. The first kappa shape index (κ1) is 15.4. The van der Waals surface area contributed by atoms with Crippen molar-refractivity contribution >= 4 is 17.6 Å². The van der Waals surface area contributed by atoms with Gasteiger partial charge < -0.3 is 4.74 Å². The number of alkyl halides is 2. The summed E-state index contributed by atoms with van der Waals surface area (Å²) in [5.74, 6) is -0.688. The fourth-order valence-corrected chi connectivity index (χ4v) is 2.70. The molecule has 0 bridgehead atoms. The molecule has 2 atom stereocenters. The maximum Gasteiger partial charge on any atom is 0.263 e. The summed E-state index contributed by atoms with van der Waals surface area (Å²) in [7, 11) is 0. The van der Waals surface area contributed by atoms with Crippen LogP contribution in [0.3, 0.4) is 0 Å². The minimum Gasteiger partial charge on any atom is -0.371 e. The van der Waals surface area contributed by atoms with E-state index in [9.17, 15) is 13.2 Å². The SMILES string of the molecule is CC1(C)OCC(c2ccccc2F)(C(F)F)NC1C=S. The number of rotatable bonds is 3. The van der Waals surface area contributed by atoms with Gasteiger partial charge in [0, 0.05) is 5.56 Å². The van der Waals surface area contributed by atoms with Crippen LogP contribution in [0.5, 0.6) is 0 Å². The minimum atomic E-state index is -2.83. The Kier molecular flexibility index (Phi) is 4.18. The highest BCUT2D eigenvalue weighted by molar-refractivity contribution is 7.79. The lowest BCUT2D eigenvalue weighted by atomic mass is 9.84. The molecule has 1 aliphatic heterocycles. The molecule has 0 aromatic heterocycles. The zero-order valence-corrected chi connectivity index (χ0v) is 12.0. The van der Waals surface area contributed by atoms with Crippen molar-refractivity contribution in [3.63, 3.8) is 0 Å². The van der Waals surface area contributed by atoms with E-state index in [1.165, 1.54) is 23.6 Å². The third-order valence-electron chi connectivity index (χ3n) is 3.70. The van der Waals surface area contributed by atoms with Gasteiger partial charge in [-0.05, 0) is 25.3 Å². The third-order valence-corrected chi connectivity index (χ3v) is 3.97. The summed E-state index contributed by atoms with van der Waals surface area (Å²) in [6.45, 7) is 3.19. The molecule has 0 radical (unpaired) electrons. The number of benzene rings is 1. The van der Waals surface area contributed by atoms with E-state index in [4.69, 9.17) is 17.0 Å². The highest BCUT2D eigenvalue weighted by atomic mass is 32.1. The molecular formula is C14H16F3NOS. The second-order valence-electron chi connectivity index (χ2n) is 5.40. The van der Waals surface area contributed by atoms with Crippen molar-refractivity contribution in [2.45, 2.75) is 37.5 Å². The third kappa shape index (κ3) is 2.47. The first-order valence-electron chi connectivity index (χ1n) is 6.23. The molecule has 1 saturated heterocycles. The van der Waals surface area contributed by atoms with Crippen molar-refractivity contribution < 1.29 is 17.9 Å². The molecule has 1 fully saturated rings. The molecule has 110 valence electrons. The maximum atomic E-state index is 13.9. The molecular weight excluding hydrogens is 287 g/mol. The van der Waals surface area contributed by atoms with Gasteiger partial charge in [0.15, 0.2) is 0 Å². The fourth-order valence-electron chi connectivity index (χ4n) is 2.30. The standard InChI is InChI=1S/C14H16F3NOS/c1-13(2)11(7-20)18-14(8-19-13,12(16)17)9-5-3-4-6-10(9)15/h3-7,11-12,18H,8H2,1-2H3. The number of morpholine rings is 1. The average Bonchev–Trinajstić information content (AvgIpc) is 2.39. The Balaban J connectivity index is 2.48. The number of halogens is 3. The Morgan fingerprint density at radius 2 is 2.05 bits per heavy atom. The molecule has 0 amide bonds. The van der Waals surface area contributed by atoms with Gasteiger partial charge in [0.05, 0.1) is 18.2 Å². The second kappa shape index (κ2) is 5.42. The first-order valence-corrected chi connectivity index (χ1v) is 6.71. The molecule has 0 aliphatic carbocycles. The van der Waals surface area contributed by atoms with Crippen LogP contribution in [0.2, 0.25) is 0 Å². The monoisotopic (exact) mass is 303 g/mol. The predicted molar refractivity (Wildman–Crippen MR) is 74.7 cm³/mol. The highest BCUT2D eigenvalue weighted by Gasteiger charge is 2.52. The molecule has 6 heteroatoms. The smallest absolute Gasteiger partial charge is 0.263 e. The summed E-state index contributed by atoms with van der Waals surface area (Å²) >= 11 is 4.89. The lowest BCUT2D eigenvalue weighted by molar-refractivity contribution is -0.142. The topological polar surface area (TPSA) is 21.3 Å². The number of thiocarbonyl (C=S) groups is 1. The molecule has 1 N–H and O–H groups in total. The van der Waals surface area contributed by atoms with Crippen molar-refractivity contribution in [3.8, 4) is 0 Å². The lowest BCUT2D eigenvalue weighted by Crippen LogP contribution is -2.67. The normalized spacial score (nSPS) is 29.4. The first-order chi connectivity index (χ1) is 9.33. The summed E-state index contributed by atoms with van der Waals surface area (Å²) in [6, 6.07) is 4.91. The lowest BCUT2D eigenvalue weighted by Gasteiger charge is -2.48. The second-order valence-corrected chi connectivity index (χ2v) is 5.67. The van der Waals surface area contributed by atoms with E-state index >= 15 is 0 Å². The van der Waals surface area contributed by atoms with Crippen LogP contribution in [0, 0.1) is 5.82 Å². The van der Waals surface area contributed by atoms with Crippen molar-refractivity contribution in [3.05, 3.63) is 35.6 Å². The van der Waals surface area contributed by atoms with Gasteiger partial charge in [0.1, 0.15) is 11.4 Å². The van der Waals surface area contributed by atoms with Crippen LogP contribution in [0.1, 0.15) is 19.4 Å². The van der Waals surface area contributed by atoms with Crippen LogP contribution < -0.4 is 5.32 Å². The average molecular weight is 303 g/mol. The van der Waals surface area contributed by atoms with Crippen LogP contribution in [0.15, 0.2) is 24.3 Å². The molecule has 20 heavy (non-hydrogen) atoms. The van der Waals surface area contributed by atoms with Gasteiger partial charge in [-0.15, -0.1) is 0 Å². The Morgan fingerprint density at radius 3 is 2.60 bits per heavy atom. The maximum absolute atomic E-state index is 13.9. The van der Waals surface area contributed by atoms with Gasteiger partial charge in [0.25, 0.3) is 6.43 Å². The van der Waals surface area contributed by atoms with Crippen molar-refractivity contribution in [1.29, 1.82) is 0 Å². The number of ether oxygens (including phenoxy) is 1. The zero-order valence-electron chi connectivity index (χ0n) is 11.2. The molecule has 1 aromatic carbocycles. The molecule has 0 spiro atoms. The van der Waals surface area contributed by atoms with Crippen LogP contribution in [0.4, 0.5) is 13.2 Å². The van der Waals surface area contributed by atoms with Gasteiger partial charge in [-0.1, -0.05) is 30.4 Å². The summed E-state index contributed by atoms with van der Waals surface area (Å²) in [5.41, 5.74) is -2.71. The van der Waals surface area contributed by atoms with E-state index < -0.39 is 29.4 Å². The molecule has 0 saturated carbocycles. The minimum absolute atomic E-state index is 0.104. The molecule has 2 nitrogen and oxygen atoms in total. The quantitative estimate of drug-likeness (QED) is 0.867. The predicted octanol–water partition coefficient (Wildman–Crippen LogP) is 3.05. The van der Waals surface area contributed by atoms with E-state index in [-0.39, 0.29) is 12.2 Å². The van der Waals surface area contributed by atoms with E-state index in [0.717, 1.165) is 6.07 Å². The van der Waals surface area contributed by atoms with E-state index in [0.29, 0.717) is 0 Å². The van der Waals surface area contributed by atoms with Gasteiger partial charge in [0.2, 0.25) is 0 Å². The molecule has 1 heterocycles. The van der Waals surface area contributed by atoms with Gasteiger partial charge >= 0.3 is 0 Å². The Hall–Kier alpha value is -0.980. The Bertz CT molecular complexity index is 509. The molecule has 2 rings (SSSR count). The van der Waals surface area contributed by atoms with Gasteiger partial charge in [-0.25, -0.2) is 13.2 Å². The van der Waals surface area contributed by atoms with Crippen LogP contribution in [-0.4, -0.2) is 30.0 Å². The van der Waals surface area contributed by atoms with Crippen molar-refractivity contribution in [1.82, 2.24) is 5.32 Å². The number of hydrogen-bond donors (Lipinski definition) is 1. The van der Waals surface area contributed by atoms with Crippen molar-refractivity contribution in [2.24, 2.45) is 0 Å². The summed E-state index contributed by atoms with van der Waals surface area (Å²) in [5, 5.41) is 4.13. The fraction of sp³-hybridized carbons (Fsp3) is 0.500. The summed E-state index contributed by atoms with van der Waals surface area (Å²) in [6.07, 6.45) is -2.83. The van der Waals surface area contributed by atoms with E-state index in [1.807, 2.05) is 0 Å². The summed E-state index contributed by atoms with van der Waals surface area (Å²) in [4.78, 5) is 0. The Labute approximate surface area is 121 Å².